The van der Waals surface area contributed by atoms with Gasteiger partial charge in [-0.1, -0.05) is 12.2 Å². The fourth-order valence-corrected chi connectivity index (χ4v) is 6.17. The van der Waals surface area contributed by atoms with E-state index in [1.165, 1.54) is 48.6 Å². The number of benzene rings is 2. The van der Waals surface area contributed by atoms with Crippen LogP contribution in [0.5, 0.6) is 23.0 Å². The summed E-state index contributed by atoms with van der Waals surface area (Å²) < 4.78 is 146. The van der Waals surface area contributed by atoms with Gasteiger partial charge >= 0.3 is 0 Å². The minimum atomic E-state index is -4.55. The van der Waals surface area contributed by atoms with Gasteiger partial charge in [0.25, 0.3) is 40.5 Å². The molecule has 20 nitrogen and oxygen atoms in total. The third-order valence-corrected chi connectivity index (χ3v) is 8.88. The highest BCUT2D eigenvalue weighted by Gasteiger charge is 2.19. The summed E-state index contributed by atoms with van der Waals surface area (Å²) in [6.45, 7) is -2.48. The zero-order valence-corrected chi connectivity index (χ0v) is 29.0. The van der Waals surface area contributed by atoms with Gasteiger partial charge in [-0.2, -0.15) is 33.7 Å². The summed E-state index contributed by atoms with van der Waals surface area (Å²) in [5, 5.41) is 39.5. The quantitative estimate of drug-likeness (QED) is 0.0489. The van der Waals surface area contributed by atoms with Crippen molar-refractivity contribution in [3.05, 3.63) is 47.5 Å². The average Bonchev–Trinajstić information content (AvgIpc) is 2.92. The van der Waals surface area contributed by atoms with Crippen molar-refractivity contribution in [3.63, 3.8) is 0 Å². The first-order chi connectivity index (χ1) is 22.8. The Balaban J connectivity index is 2.41. The third kappa shape index (κ3) is 19.9. The highest BCUT2D eigenvalue weighted by atomic mass is 32.2. The maximum absolute atomic E-state index is 11.1. The van der Waals surface area contributed by atoms with Crippen LogP contribution in [0.25, 0.3) is 12.2 Å². The summed E-state index contributed by atoms with van der Waals surface area (Å²) in [6, 6.07) is 7.93. The van der Waals surface area contributed by atoms with Gasteiger partial charge in [0.15, 0.2) is 0 Å². The molecule has 2 aromatic rings. The van der Waals surface area contributed by atoms with Gasteiger partial charge < -0.3 is 39.4 Å². The van der Waals surface area contributed by atoms with E-state index in [1.807, 2.05) is 0 Å². The van der Waals surface area contributed by atoms with E-state index in [1.54, 1.807) is 0 Å². The lowest BCUT2D eigenvalue weighted by atomic mass is 10.1. The third-order valence-electron chi connectivity index (χ3n) is 5.65. The molecular formula is C26H36O20S4. The van der Waals surface area contributed by atoms with Gasteiger partial charge in [-0.25, -0.2) is 0 Å². The van der Waals surface area contributed by atoms with E-state index in [2.05, 4.69) is 0 Å². The summed E-state index contributed by atoms with van der Waals surface area (Å²) in [6.07, 6.45) is -3.77. The Morgan fingerprint density at radius 2 is 0.620 bits per heavy atom. The second-order valence-corrected chi connectivity index (χ2v) is 16.7. The lowest BCUT2D eigenvalue weighted by Gasteiger charge is -2.15. The normalized spacial score (nSPS) is 15.3. The average molecular weight is 797 g/mol. The molecule has 0 saturated heterocycles. The van der Waals surface area contributed by atoms with E-state index in [0.717, 1.165) is 0 Å². The standard InChI is InChI=1S/C26H36O20S4/c27-19(13-47(31,32)33)9-43-23-3-17(4-24(7-23)44-10-20(28)14-48(34,35)36)1-2-18-5-25(45-11-21(29)15-49(37,38)39)8-26(6-18)46-12-22(30)16-50(40,41)42/h1-8,19-22,27-30H,9-16H2,(H,31,32,33)(H,34,35,36)(H,37,38,39)(H,40,41,42)/b2-1+. The molecule has 0 amide bonds. The molecule has 2 rings (SSSR count). The van der Waals surface area contributed by atoms with E-state index in [-0.39, 0.29) is 34.1 Å². The number of hydrogen-bond acceptors (Lipinski definition) is 16. The Labute approximate surface area is 287 Å². The van der Waals surface area contributed by atoms with Crippen LogP contribution in [-0.4, -0.2) is 146 Å². The molecule has 0 saturated carbocycles. The monoisotopic (exact) mass is 796 g/mol. The first-order valence-electron chi connectivity index (χ1n) is 13.9. The Hall–Kier alpha value is -3.14. The summed E-state index contributed by atoms with van der Waals surface area (Å²) in [5.74, 6) is -4.32. The van der Waals surface area contributed by atoms with Gasteiger partial charge in [-0.15, -0.1) is 0 Å². The SMILES string of the molecule is O=S(=O)(O)CC(O)COc1cc(/C=C/c2cc(OCC(O)CS(=O)(=O)O)cc(OCC(O)CS(=O)(=O)O)c2)cc(OCC(O)CS(=O)(=O)O)c1. The van der Waals surface area contributed by atoms with Crippen molar-refractivity contribution in [3.8, 4) is 23.0 Å². The van der Waals surface area contributed by atoms with Crippen LogP contribution in [0.1, 0.15) is 11.1 Å². The minimum absolute atomic E-state index is 0.0393. The smallest absolute Gasteiger partial charge is 0.267 e. The minimum Gasteiger partial charge on any atom is -0.491 e. The first-order valence-corrected chi connectivity index (χ1v) is 20.3. The van der Waals surface area contributed by atoms with Crippen LogP contribution >= 0.6 is 0 Å². The predicted octanol–water partition coefficient (Wildman–Crippen LogP) is -1.63. The molecule has 50 heavy (non-hydrogen) atoms. The Kier molecular flexibility index (Phi) is 15.8. The second kappa shape index (κ2) is 18.4. The van der Waals surface area contributed by atoms with Gasteiger partial charge in [0, 0.05) is 12.1 Å². The van der Waals surface area contributed by atoms with E-state index in [9.17, 15) is 54.1 Å². The molecule has 0 heterocycles. The number of aliphatic hydroxyl groups excluding tert-OH is 4. The maximum Gasteiger partial charge on any atom is 0.267 e. The first kappa shape index (κ1) is 43.0. The molecule has 0 aromatic heterocycles. The molecule has 0 spiro atoms. The van der Waals surface area contributed by atoms with Crippen molar-refractivity contribution >= 4 is 52.6 Å². The molecule has 0 aliphatic carbocycles. The predicted molar refractivity (Wildman–Crippen MR) is 173 cm³/mol. The van der Waals surface area contributed by atoms with Crippen molar-refractivity contribution in [2.45, 2.75) is 24.4 Å². The van der Waals surface area contributed by atoms with Crippen molar-refractivity contribution in [2.75, 3.05) is 49.4 Å². The largest absolute Gasteiger partial charge is 0.491 e. The zero-order valence-electron chi connectivity index (χ0n) is 25.7. The molecule has 0 fully saturated rings. The highest BCUT2D eigenvalue weighted by Crippen LogP contribution is 2.28. The van der Waals surface area contributed by atoms with Crippen LogP contribution in [0.15, 0.2) is 36.4 Å². The maximum atomic E-state index is 11.1. The van der Waals surface area contributed by atoms with Crippen molar-refractivity contribution in [1.29, 1.82) is 0 Å². The number of aliphatic hydroxyl groups is 4. The second-order valence-electron chi connectivity index (χ2n) is 10.7. The molecule has 4 unspecified atom stereocenters. The zero-order chi connectivity index (χ0) is 37.9. The van der Waals surface area contributed by atoms with Crippen LogP contribution < -0.4 is 18.9 Å². The fourth-order valence-electron chi connectivity index (χ4n) is 3.84. The van der Waals surface area contributed by atoms with Crippen LogP contribution in [0, 0.1) is 0 Å². The van der Waals surface area contributed by atoms with E-state index in [4.69, 9.17) is 37.2 Å². The molecule has 4 atom stereocenters. The molecule has 8 N–H and O–H groups in total. The fraction of sp³-hybridized carbons (Fsp3) is 0.462. The van der Waals surface area contributed by atoms with Crippen LogP contribution in [-0.2, 0) is 40.5 Å². The van der Waals surface area contributed by atoms with Gasteiger partial charge in [0.2, 0.25) is 0 Å². The summed E-state index contributed by atoms with van der Waals surface area (Å²) in [5.41, 5.74) is 0.541. The van der Waals surface area contributed by atoms with E-state index < -0.39 is 114 Å². The van der Waals surface area contributed by atoms with Crippen molar-refractivity contribution < 1.29 is 91.3 Å². The lowest BCUT2D eigenvalue weighted by molar-refractivity contribution is 0.119. The Morgan fingerprint density at radius 1 is 0.420 bits per heavy atom. The van der Waals surface area contributed by atoms with Crippen LogP contribution in [0.3, 0.4) is 0 Å². The summed E-state index contributed by atoms with van der Waals surface area (Å²) in [7, 11) is -18.2. The molecule has 0 radical (unpaired) electrons. The molecule has 24 heteroatoms. The van der Waals surface area contributed by atoms with E-state index >= 15 is 0 Å². The molecule has 2 aromatic carbocycles. The van der Waals surface area contributed by atoms with Gasteiger partial charge in [-0.3, -0.25) is 18.2 Å². The van der Waals surface area contributed by atoms with Gasteiger partial charge in [-0.05, 0) is 35.4 Å². The van der Waals surface area contributed by atoms with Crippen molar-refractivity contribution in [1.82, 2.24) is 0 Å². The van der Waals surface area contributed by atoms with Gasteiger partial charge in [0.05, 0.1) is 0 Å². The lowest BCUT2D eigenvalue weighted by Crippen LogP contribution is -2.27. The molecular weight excluding hydrogens is 761 g/mol. The number of rotatable bonds is 22. The van der Waals surface area contributed by atoms with Gasteiger partial charge in [0.1, 0.15) is 96.9 Å². The molecule has 0 aliphatic rings. The molecule has 0 aliphatic heterocycles. The Bertz CT molecular complexity index is 1630. The Morgan fingerprint density at radius 3 is 0.800 bits per heavy atom. The van der Waals surface area contributed by atoms with E-state index in [0.29, 0.717) is 0 Å². The number of ether oxygens (including phenoxy) is 4. The van der Waals surface area contributed by atoms with Crippen LogP contribution in [0.2, 0.25) is 0 Å². The summed E-state index contributed by atoms with van der Waals surface area (Å²) in [4.78, 5) is 0. The van der Waals surface area contributed by atoms with Crippen molar-refractivity contribution in [2.24, 2.45) is 0 Å². The highest BCUT2D eigenvalue weighted by molar-refractivity contribution is 7.86. The molecule has 0 bridgehead atoms. The summed E-state index contributed by atoms with van der Waals surface area (Å²) >= 11 is 0. The van der Waals surface area contributed by atoms with Crippen LogP contribution in [0.4, 0.5) is 0 Å². The topological polar surface area (TPSA) is 335 Å². The molecule has 284 valence electrons. The number of hydrogen-bond donors (Lipinski definition) is 8.